The molecule has 0 rings (SSSR count). The quantitative estimate of drug-likeness (QED) is 0.695. The first kappa shape index (κ1) is 21.8. The van der Waals surface area contributed by atoms with Crippen molar-refractivity contribution in [1.82, 2.24) is 9.55 Å². The largest absolute Gasteiger partial charge is 0.416 e. The zero-order valence-electron chi connectivity index (χ0n) is 14.8. The van der Waals surface area contributed by atoms with E-state index in [2.05, 4.69) is 69.8 Å². The monoisotopic (exact) mass is 322 g/mol. The van der Waals surface area contributed by atoms with Crippen molar-refractivity contribution in [2.75, 3.05) is 27.2 Å². The van der Waals surface area contributed by atoms with Crippen LogP contribution in [0.25, 0.3) is 0 Å². The highest BCUT2D eigenvalue weighted by Gasteiger charge is 2.20. The molecule has 19 heavy (non-hydrogen) atoms. The van der Waals surface area contributed by atoms with Gasteiger partial charge in [0.05, 0.1) is 17.9 Å². The number of nitrogens with one attached hydrogen (secondary N) is 1. The van der Waals surface area contributed by atoms with E-state index in [0.717, 1.165) is 13.2 Å². The van der Waals surface area contributed by atoms with Crippen molar-refractivity contribution in [1.29, 1.82) is 0 Å². The Kier molecular flexibility index (Phi) is 14.1. The van der Waals surface area contributed by atoms with Gasteiger partial charge in [0.1, 0.15) is 0 Å². The lowest BCUT2D eigenvalue weighted by atomic mass is 10.6. The minimum atomic E-state index is -1.30. The van der Waals surface area contributed by atoms with Gasteiger partial charge in [-0.2, -0.15) is 0 Å². The molecule has 6 heteroatoms. The Morgan fingerprint density at radius 3 is 1.79 bits per heavy atom. The van der Waals surface area contributed by atoms with Gasteiger partial charge in [-0.15, -0.1) is 0 Å². The molecule has 0 bridgehead atoms. The molecule has 0 spiro atoms. The molecule has 1 N–H and O–H groups in total. The third-order valence-corrected chi connectivity index (χ3v) is 10.6. The summed E-state index contributed by atoms with van der Waals surface area (Å²) in [6, 6.07) is 1.28. The molecule has 0 saturated heterocycles. The molecule has 0 heterocycles. The molecule has 3 nitrogen and oxygen atoms in total. The summed E-state index contributed by atoms with van der Waals surface area (Å²) < 4.78 is 9.46. The van der Waals surface area contributed by atoms with Crippen LogP contribution in [-0.2, 0) is 4.43 Å². The molecule has 0 amide bonds. The molecule has 0 aromatic carbocycles. The molecule has 0 radical (unpaired) electrons. The van der Waals surface area contributed by atoms with E-state index in [9.17, 15) is 0 Å². The fourth-order valence-corrected chi connectivity index (χ4v) is 9.17. The summed E-state index contributed by atoms with van der Waals surface area (Å²) in [6.07, 6.45) is 1.25. The Hall–Kier alpha value is 0.531. The summed E-state index contributed by atoms with van der Waals surface area (Å²) >= 11 is 0. The number of rotatable bonds is 8. The van der Waals surface area contributed by atoms with Crippen molar-refractivity contribution in [2.45, 2.75) is 58.7 Å². The van der Waals surface area contributed by atoms with Crippen LogP contribution in [0.15, 0.2) is 0 Å². The smallest absolute Gasteiger partial charge is 0.186 e. The normalized spacial score (nSPS) is 12.0. The minimum absolute atomic E-state index is 0.417. The zero-order valence-corrected chi connectivity index (χ0v) is 18.1. The van der Waals surface area contributed by atoms with E-state index >= 15 is 0 Å². The second-order valence-corrected chi connectivity index (χ2v) is 16.9. The van der Waals surface area contributed by atoms with Gasteiger partial charge in [-0.05, 0) is 33.2 Å². The van der Waals surface area contributed by atoms with E-state index in [1.807, 2.05) is 0 Å². The van der Waals surface area contributed by atoms with Gasteiger partial charge in [0.25, 0.3) is 0 Å². The van der Waals surface area contributed by atoms with Gasteiger partial charge in [-0.1, -0.05) is 39.5 Å². The van der Waals surface area contributed by atoms with Crippen molar-refractivity contribution in [3.63, 3.8) is 0 Å². The van der Waals surface area contributed by atoms with Gasteiger partial charge in [-0.25, -0.2) is 0 Å². The summed E-state index contributed by atoms with van der Waals surface area (Å²) in [6.45, 7) is 18.1. The molecule has 0 aliphatic heterocycles. The maximum atomic E-state index is 5.88. The summed E-state index contributed by atoms with van der Waals surface area (Å²) in [5, 5.41) is 0. The van der Waals surface area contributed by atoms with E-state index < -0.39 is 26.2 Å². The van der Waals surface area contributed by atoms with Crippen molar-refractivity contribution in [3.05, 3.63) is 0 Å². The maximum absolute atomic E-state index is 5.88. The van der Waals surface area contributed by atoms with Crippen LogP contribution < -0.4 is 4.65 Å². The van der Waals surface area contributed by atoms with Gasteiger partial charge >= 0.3 is 0 Å². The molecular weight excluding hydrogens is 284 g/mol. The molecule has 0 aromatic rings. The zero-order chi connectivity index (χ0) is 15.5. The van der Waals surface area contributed by atoms with E-state index in [-0.39, 0.29) is 0 Å². The summed E-state index contributed by atoms with van der Waals surface area (Å²) in [5.41, 5.74) is 0. The van der Waals surface area contributed by atoms with Gasteiger partial charge in [0, 0.05) is 13.2 Å². The van der Waals surface area contributed by atoms with Crippen molar-refractivity contribution in [3.8, 4) is 0 Å². The molecule has 0 fully saturated rings. The number of nitrogens with zero attached hydrogens (tertiary/aromatic N) is 1. The van der Waals surface area contributed by atoms with Gasteiger partial charge in [0.2, 0.25) is 0 Å². The van der Waals surface area contributed by atoms with Crippen molar-refractivity contribution >= 4 is 26.2 Å². The second kappa shape index (κ2) is 12.3. The lowest BCUT2D eigenvalue weighted by Crippen LogP contribution is -2.36. The Morgan fingerprint density at radius 1 is 1.05 bits per heavy atom. The Labute approximate surface area is 126 Å². The molecule has 0 saturated carbocycles. The Morgan fingerprint density at radius 2 is 1.53 bits per heavy atom. The molecule has 0 aliphatic carbocycles. The van der Waals surface area contributed by atoms with E-state index in [1.165, 1.54) is 12.5 Å². The fourth-order valence-electron chi connectivity index (χ4n) is 1.85. The first-order chi connectivity index (χ1) is 8.60. The Balaban J connectivity index is 0. The molecule has 0 atom stereocenters. The van der Waals surface area contributed by atoms with Gasteiger partial charge in [0.15, 0.2) is 8.32 Å². The van der Waals surface area contributed by atoms with Crippen molar-refractivity contribution in [2.24, 2.45) is 0 Å². The molecule has 0 aromatic heterocycles. The fraction of sp³-hybridized carbons (Fsp3) is 1.00. The van der Waals surface area contributed by atoms with Gasteiger partial charge < -0.3 is 14.0 Å². The van der Waals surface area contributed by atoms with Crippen LogP contribution in [-0.4, -0.2) is 58.4 Å². The van der Waals surface area contributed by atoms with Crippen molar-refractivity contribution < 1.29 is 4.43 Å². The maximum Gasteiger partial charge on any atom is 0.186 e. The third-order valence-electron chi connectivity index (χ3n) is 2.55. The third kappa shape index (κ3) is 21.0. The molecule has 118 valence electrons. The predicted molar refractivity (Wildman–Crippen MR) is 98.0 cm³/mol. The predicted octanol–water partition coefficient (Wildman–Crippen LogP) is 2.72. The van der Waals surface area contributed by atoms with E-state index in [1.54, 1.807) is 0 Å². The standard InChI is InChI=1S/C9H23NOSi.C4H15NSi2/c1-6-9-12(4,5)11-8-7-10(2)3;1-6(2)5-7(3)4/h6-9H2,1-5H3;5-7H,1-4H3. The average molecular weight is 323 g/mol. The highest BCUT2D eigenvalue weighted by Crippen LogP contribution is 2.12. The van der Waals surface area contributed by atoms with Crippen LogP contribution in [0.4, 0.5) is 0 Å². The Bertz CT molecular complexity index is 194. The van der Waals surface area contributed by atoms with E-state index in [4.69, 9.17) is 4.43 Å². The lowest BCUT2D eigenvalue weighted by Gasteiger charge is -2.23. The van der Waals surface area contributed by atoms with E-state index in [0.29, 0.717) is 0 Å². The first-order valence-corrected chi connectivity index (χ1v) is 16.5. The molecule has 0 unspecified atom stereocenters. The minimum Gasteiger partial charge on any atom is -0.416 e. The first-order valence-electron chi connectivity index (χ1n) is 7.65. The van der Waals surface area contributed by atoms with Crippen LogP contribution in [0.2, 0.25) is 45.3 Å². The average Bonchev–Trinajstić information content (AvgIpc) is 2.14. The summed E-state index contributed by atoms with van der Waals surface area (Å²) in [5.74, 6) is 0. The van der Waals surface area contributed by atoms with Crippen LogP contribution in [0.3, 0.4) is 0 Å². The van der Waals surface area contributed by atoms with Crippen LogP contribution in [0.5, 0.6) is 0 Å². The number of likely N-dealkylation sites (N-methyl/N-ethyl adjacent to an activating group) is 1. The number of hydrogen-bond donors (Lipinski definition) is 1. The second-order valence-electron chi connectivity index (χ2n) is 6.64. The highest BCUT2D eigenvalue weighted by atomic mass is 28.4. The van der Waals surface area contributed by atoms with Crippen LogP contribution >= 0.6 is 0 Å². The van der Waals surface area contributed by atoms with Gasteiger partial charge in [-0.3, -0.25) is 0 Å². The van der Waals surface area contributed by atoms with Crippen LogP contribution in [0.1, 0.15) is 13.3 Å². The lowest BCUT2D eigenvalue weighted by molar-refractivity contribution is 0.253. The molecular formula is C13H38N2OSi3. The SMILES string of the molecule is CCC[Si](C)(C)OCCN(C)C.C[SiH](C)N[SiH](C)C. The summed E-state index contributed by atoms with van der Waals surface area (Å²) in [7, 11) is 2.03. The highest BCUT2D eigenvalue weighted by molar-refractivity contribution is 6.71. The van der Waals surface area contributed by atoms with Crippen LogP contribution in [0, 0.1) is 0 Å². The summed E-state index contributed by atoms with van der Waals surface area (Å²) in [4.78, 5) is 2.16. The topological polar surface area (TPSA) is 24.5 Å². The molecule has 0 aliphatic rings. The number of hydrogen-bond acceptors (Lipinski definition) is 3.